The molecule has 120 valence electrons. The number of nitro benzene ring substituents is 1. The number of thioether (sulfide) groups is 1. The summed E-state index contributed by atoms with van der Waals surface area (Å²) in [5.41, 5.74) is 1.02. The summed E-state index contributed by atoms with van der Waals surface area (Å²) in [5, 5.41) is 21.6. The van der Waals surface area contributed by atoms with Gasteiger partial charge in [0.05, 0.1) is 15.6 Å². The van der Waals surface area contributed by atoms with E-state index in [1.807, 2.05) is 29.6 Å². The van der Waals surface area contributed by atoms with Crippen LogP contribution in [0.5, 0.6) is 0 Å². The minimum atomic E-state index is -0.515. The number of nitrogens with zero attached hydrogens (tertiary/aromatic N) is 3. The topological polar surface area (TPSA) is 86.0 Å². The second kappa shape index (κ2) is 7.33. The van der Waals surface area contributed by atoms with Gasteiger partial charge in [-0.2, -0.15) is 0 Å². The van der Waals surface area contributed by atoms with Crippen LogP contribution in [0.15, 0.2) is 58.9 Å². The third-order valence-electron chi connectivity index (χ3n) is 3.14. The number of carbonyl (C=O) groups excluding carboxylic acids is 1. The van der Waals surface area contributed by atoms with E-state index in [1.165, 1.54) is 30.0 Å². The highest BCUT2D eigenvalue weighted by molar-refractivity contribution is 7.99. The summed E-state index contributed by atoms with van der Waals surface area (Å²) in [7, 11) is 0. The maximum absolute atomic E-state index is 12.2. The van der Waals surface area contributed by atoms with Gasteiger partial charge in [-0.3, -0.25) is 14.9 Å². The Balaban J connectivity index is 1.64. The molecule has 0 bridgehead atoms. The monoisotopic (exact) mass is 357 g/mol. The summed E-state index contributed by atoms with van der Waals surface area (Å²) in [6.07, 6.45) is 0. The van der Waals surface area contributed by atoms with Crippen molar-refractivity contribution < 1.29 is 9.72 Å². The Morgan fingerprint density at radius 1 is 1.17 bits per heavy atom. The Kier molecular flexibility index (Phi) is 4.97. The molecule has 24 heavy (non-hydrogen) atoms. The van der Waals surface area contributed by atoms with Crippen LogP contribution in [-0.2, 0) is 0 Å². The number of ketones is 1. The van der Waals surface area contributed by atoms with Crippen LogP contribution in [0, 0.1) is 10.1 Å². The first-order valence-electron chi connectivity index (χ1n) is 6.91. The molecule has 1 aromatic carbocycles. The molecule has 0 unspecified atom stereocenters. The number of benzene rings is 1. The normalized spacial score (nSPS) is 10.5. The van der Waals surface area contributed by atoms with Crippen molar-refractivity contribution in [1.82, 2.24) is 10.2 Å². The number of carbonyl (C=O) groups is 1. The summed E-state index contributed by atoms with van der Waals surface area (Å²) in [6.45, 7) is 0. The van der Waals surface area contributed by atoms with Gasteiger partial charge >= 0.3 is 0 Å². The van der Waals surface area contributed by atoms with Crippen LogP contribution in [0.3, 0.4) is 0 Å². The van der Waals surface area contributed by atoms with Gasteiger partial charge in [-0.1, -0.05) is 30.0 Å². The molecule has 3 aromatic rings. The van der Waals surface area contributed by atoms with Crippen LogP contribution in [0.25, 0.3) is 10.6 Å². The van der Waals surface area contributed by atoms with Crippen molar-refractivity contribution in [2.75, 3.05) is 5.75 Å². The SMILES string of the molecule is O=C(CSc1ccc(-c2cccs2)nn1)c1cccc([N+](=O)[O-])c1. The Morgan fingerprint density at radius 3 is 2.71 bits per heavy atom. The van der Waals surface area contributed by atoms with Crippen molar-refractivity contribution in [1.29, 1.82) is 0 Å². The Labute approximate surface area is 145 Å². The fourth-order valence-electron chi connectivity index (χ4n) is 1.97. The minimum Gasteiger partial charge on any atom is -0.293 e. The number of Topliss-reactive ketones (excluding diaryl/α,β-unsaturated/α-hetero) is 1. The first kappa shape index (κ1) is 16.3. The van der Waals surface area contributed by atoms with E-state index in [-0.39, 0.29) is 17.2 Å². The van der Waals surface area contributed by atoms with E-state index in [0.717, 1.165) is 10.6 Å². The smallest absolute Gasteiger partial charge is 0.270 e. The van der Waals surface area contributed by atoms with E-state index in [0.29, 0.717) is 10.6 Å². The molecule has 0 spiro atoms. The average Bonchev–Trinajstić information content (AvgIpc) is 3.15. The third-order valence-corrected chi connectivity index (χ3v) is 4.96. The molecule has 3 rings (SSSR count). The van der Waals surface area contributed by atoms with Crippen LogP contribution in [0.2, 0.25) is 0 Å². The van der Waals surface area contributed by atoms with Crippen LogP contribution in [0.1, 0.15) is 10.4 Å². The van der Waals surface area contributed by atoms with E-state index in [9.17, 15) is 14.9 Å². The fraction of sp³-hybridized carbons (Fsp3) is 0.0625. The second-order valence-electron chi connectivity index (χ2n) is 4.75. The molecule has 0 saturated heterocycles. The van der Waals surface area contributed by atoms with Crippen molar-refractivity contribution in [2.45, 2.75) is 5.03 Å². The van der Waals surface area contributed by atoms with Crippen LogP contribution < -0.4 is 0 Å². The molecule has 6 nitrogen and oxygen atoms in total. The second-order valence-corrected chi connectivity index (χ2v) is 6.70. The maximum Gasteiger partial charge on any atom is 0.270 e. The molecule has 2 aromatic heterocycles. The predicted octanol–water partition coefficient (Wildman–Crippen LogP) is 4.09. The summed E-state index contributed by atoms with van der Waals surface area (Å²) in [6, 6.07) is 13.3. The lowest BCUT2D eigenvalue weighted by atomic mass is 10.1. The highest BCUT2D eigenvalue weighted by Crippen LogP contribution is 2.24. The van der Waals surface area contributed by atoms with Gasteiger partial charge in [-0.15, -0.1) is 21.5 Å². The standard InChI is InChI=1S/C16H11N3O3S2/c20-14(11-3-1-4-12(9-11)19(21)22)10-24-16-7-6-13(17-18-16)15-5-2-8-23-15/h1-9H,10H2. The van der Waals surface area contributed by atoms with Crippen molar-refractivity contribution in [3.63, 3.8) is 0 Å². The molecule has 0 aliphatic carbocycles. The summed E-state index contributed by atoms with van der Waals surface area (Å²) >= 11 is 2.84. The van der Waals surface area contributed by atoms with E-state index in [1.54, 1.807) is 17.4 Å². The first-order valence-corrected chi connectivity index (χ1v) is 8.78. The number of hydrogen-bond donors (Lipinski definition) is 0. The molecule has 0 aliphatic heterocycles. The van der Waals surface area contributed by atoms with E-state index < -0.39 is 4.92 Å². The van der Waals surface area contributed by atoms with Gasteiger partial charge in [-0.05, 0) is 23.6 Å². The van der Waals surface area contributed by atoms with Gasteiger partial charge in [0.2, 0.25) is 0 Å². The van der Waals surface area contributed by atoms with E-state index >= 15 is 0 Å². The summed E-state index contributed by atoms with van der Waals surface area (Å²) < 4.78 is 0. The fourth-order valence-corrected chi connectivity index (χ4v) is 3.37. The Hall–Kier alpha value is -2.58. The number of non-ortho nitro benzene ring substituents is 1. The van der Waals surface area contributed by atoms with Crippen LogP contribution in [-0.4, -0.2) is 26.7 Å². The zero-order valence-corrected chi connectivity index (χ0v) is 13.9. The van der Waals surface area contributed by atoms with Gasteiger partial charge in [-0.25, -0.2) is 0 Å². The Bertz CT molecular complexity index is 865. The largest absolute Gasteiger partial charge is 0.293 e. The minimum absolute atomic E-state index is 0.0917. The molecule has 2 heterocycles. The van der Waals surface area contributed by atoms with E-state index in [2.05, 4.69) is 10.2 Å². The number of thiophene rings is 1. The molecule has 8 heteroatoms. The lowest BCUT2D eigenvalue weighted by Crippen LogP contribution is -2.03. The highest BCUT2D eigenvalue weighted by Gasteiger charge is 2.12. The Morgan fingerprint density at radius 2 is 2.04 bits per heavy atom. The summed E-state index contributed by atoms with van der Waals surface area (Å²) in [4.78, 5) is 23.4. The number of nitro groups is 1. The molecule has 0 fully saturated rings. The van der Waals surface area contributed by atoms with Crippen molar-refractivity contribution >= 4 is 34.6 Å². The van der Waals surface area contributed by atoms with E-state index in [4.69, 9.17) is 0 Å². The molecule has 0 aliphatic rings. The predicted molar refractivity (Wildman–Crippen MR) is 93.5 cm³/mol. The zero-order chi connectivity index (χ0) is 16.9. The van der Waals surface area contributed by atoms with Gasteiger partial charge < -0.3 is 0 Å². The quantitative estimate of drug-likeness (QED) is 0.286. The third kappa shape index (κ3) is 3.84. The number of hydrogen-bond acceptors (Lipinski definition) is 7. The first-order chi connectivity index (χ1) is 11.6. The van der Waals surface area contributed by atoms with Gasteiger partial charge in [0, 0.05) is 17.7 Å². The average molecular weight is 357 g/mol. The summed E-state index contributed by atoms with van der Waals surface area (Å²) in [5.74, 6) is -0.0402. The lowest BCUT2D eigenvalue weighted by molar-refractivity contribution is -0.384. The molecule has 0 radical (unpaired) electrons. The molecule has 0 saturated carbocycles. The highest BCUT2D eigenvalue weighted by atomic mass is 32.2. The molecule has 0 atom stereocenters. The molecule has 0 N–H and O–H groups in total. The van der Waals surface area contributed by atoms with Gasteiger partial charge in [0.1, 0.15) is 10.7 Å². The zero-order valence-electron chi connectivity index (χ0n) is 12.3. The number of rotatable bonds is 6. The van der Waals surface area contributed by atoms with Gasteiger partial charge in [0.15, 0.2) is 5.78 Å². The van der Waals surface area contributed by atoms with Crippen molar-refractivity contribution in [3.05, 3.63) is 69.6 Å². The number of aromatic nitrogens is 2. The van der Waals surface area contributed by atoms with Gasteiger partial charge in [0.25, 0.3) is 5.69 Å². The van der Waals surface area contributed by atoms with Crippen molar-refractivity contribution in [2.24, 2.45) is 0 Å². The molecule has 0 amide bonds. The van der Waals surface area contributed by atoms with Crippen molar-refractivity contribution in [3.8, 4) is 10.6 Å². The maximum atomic E-state index is 12.2. The van der Waals surface area contributed by atoms with Crippen LogP contribution >= 0.6 is 23.1 Å². The molecular weight excluding hydrogens is 346 g/mol. The van der Waals surface area contributed by atoms with Crippen LogP contribution in [0.4, 0.5) is 5.69 Å². The molecular formula is C16H11N3O3S2. The lowest BCUT2D eigenvalue weighted by Gasteiger charge is -2.02.